The number of hydrogen-bond donors (Lipinski definition) is 1. The number of para-hydroxylation sites is 2. The lowest BCUT2D eigenvalue weighted by molar-refractivity contribution is 0.100. The first-order valence-electron chi connectivity index (χ1n) is 11.5. The van der Waals surface area contributed by atoms with Crippen molar-refractivity contribution in [3.8, 4) is 17.1 Å². The highest BCUT2D eigenvalue weighted by molar-refractivity contribution is 6.19. The minimum absolute atomic E-state index is 0.308. The number of benzene rings is 1. The number of carbonyl (C=O) groups excluding carboxylic acids is 1. The molecule has 8 heteroatoms. The van der Waals surface area contributed by atoms with Crippen LogP contribution in [0.3, 0.4) is 0 Å². The Kier molecular flexibility index (Phi) is 5.81. The Hall–Kier alpha value is -3.68. The van der Waals surface area contributed by atoms with Crippen LogP contribution in [0.15, 0.2) is 47.6 Å². The molecule has 170 valence electrons. The van der Waals surface area contributed by atoms with E-state index in [9.17, 15) is 4.79 Å². The standard InChI is InChI=1S/C25H28N6O2/c1-17-14-18-15-21(27-17)19-16-26-30(2)24(19)33-13-9-5-3-4-8-12-31-22-11-7-6-10-20(22)28-25(31)29-23(18)32/h6-7,10-11,14-16H,3-5,8-9,12-13H2,1-2H3,(H,28,29,32). The van der Waals surface area contributed by atoms with E-state index >= 15 is 0 Å². The number of aryl methyl sites for hydroxylation is 2. The van der Waals surface area contributed by atoms with E-state index in [2.05, 4.69) is 31.4 Å². The van der Waals surface area contributed by atoms with Crippen molar-refractivity contribution in [2.24, 2.45) is 12.0 Å². The Labute approximate surface area is 193 Å². The zero-order valence-corrected chi connectivity index (χ0v) is 19.0. The second-order valence-corrected chi connectivity index (χ2v) is 8.52. The van der Waals surface area contributed by atoms with E-state index < -0.39 is 0 Å². The van der Waals surface area contributed by atoms with Gasteiger partial charge in [-0.25, -0.2) is 4.68 Å². The number of fused-ring (bicyclic) bond motifs is 7. The van der Waals surface area contributed by atoms with Crippen molar-refractivity contribution in [2.45, 2.75) is 39.0 Å². The number of aliphatic imine (C=N–C) groups is 1. The molecule has 8 nitrogen and oxygen atoms in total. The molecular formula is C25H28N6O2. The summed E-state index contributed by atoms with van der Waals surface area (Å²) in [6, 6.07) is 11.6. The third-order valence-corrected chi connectivity index (χ3v) is 6.03. The highest BCUT2D eigenvalue weighted by Gasteiger charge is 2.26. The smallest absolute Gasteiger partial charge is 0.280 e. The van der Waals surface area contributed by atoms with Gasteiger partial charge in [0.1, 0.15) is 0 Å². The highest BCUT2D eigenvalue weighted by atomic mass is 16.5. The molecule has 2 bridgehead atoms. The van der Waals surface area contributed by atoms with Gasteiger partial charge in [0.25, 0.3) is 5.91 Å². The summed E-state index contributed by atoms with van der Waals surface area (Å²) in [6.07, 6.45) is 7.10. The highest BCUT2D eigenvalue weighted by Crippen LogP contribution is 2.33. The molecule has 1 aromatic carbocycles. The number of nitrogens with one attached hydrogen (secondary N) is 1. The summed E-state index contributed by atoms with van der Waals surface area (Å²) >= 11 is 0. The van der Waals surface area contributed by atoms with Gasteiger partial charge in [0, 0.05) is 24.8 Å². The van der Waals surface area contributed by atoms with Crippen LogP contribution in [0.2, 0.25) is 0 Å². The van der Waals surface area contributed by atoms with Crippen molar-refractivity contribution in [2.75, 3.05) is 23.4 Å². The first-order chi connectivity index (χ1) is 16.1. The zero-order chi connectivity index (χ0) is 22.8. The number of anilines is 2. The summed E-state index contributed by atoms with van der Waals surface area (Å²) < 4.78 is 7.79. The lowest BCUT2D eigenvalue weighted by Gasteiger charge is -2.18. The topological polar surface area (TPSA) is 84.6 Å². The molecule has 0 atom stereocenters. The summed E-state index contributed by atoms with van der Waals surface area (Å²) in [5.74, 6) is 0.936. The number of pyridine rings is 1. The Morgan fingerprint density at radius 1 is 1.06 bits per heavy atom. The molecule has 1 N–H and O–H groups in total. The Balaban J connectivity index is 1.55. The Morgan fingerprint density at radius 3 is 2.79 bits per heavy atom. The van der Waals surface area contributed by atoms with Gasteiger partial charge in [0.2, 0.25) is 11.8 Å². The van der Waals surface area contributed by atoms with Gasteiger partial charge in [-0.1, -0.05) is 31.4 Å². The van der Waals surface area contributed by atoms with Crippen molar-refractivity contribution < 1.29 is 9.53 Å². The Bertz CT molecular complexity index is 1220. The number of carbonyl (C=O) groups is 1. The second-order valence-electron chi connectivity index (χ2n) is 8.52. The number of rotatable bonds is 0. The molecule has 1 amide bonds. The number of ether oxygens (including phenoxy) is 1. The summed E-state index contributed by atoms with van der Waals surface area (Å²) in [5.41, 5.74) is 4.69. The summed E-state index contributed by atoms with van der Waals surface area (Å²) in [5, 5.41) is 7.69. The largest absolute Gasteiger partial charge is 0.477 e. The van der Waals surface area contributed by atoms with Crippen LogP contribution in [0.25, 0.3) is 11.3 Å². The molecule has 0 aliphatic carbocycles. The molecule has 33 heavy (non-hydrogen) atoms. The average molecular weight is 445 g/mol. The fourth-order valence-electron chi connectivity index (χ4n) is 4.37. The molecule has 0 unspecified atom stereocenters. The first kappa shape index (κ1) is 21.2. The van der Waals surface area contributed by atoms with Gasteiger partial charge in [-0.3, -0.25) is 9.78 Å². The molecule has 2 aliphatic rings. The van der Waals surface area contributed by atoms with Crippen LogP contribution < -0.4 is 15.0 Å². The minimum atomic E-state index is -0.308. The number of nitrogens with zero attached hydrogens (tertiary/aromatic N) is 5. The minimum Gasteiger partial charge on any atom is -0.477 e. The quantitative estimate of drug-likeness (QED) is 0.547. The maximum Gasteiger partial charge on any atom is 0.280 e. The van der Waals surface area contributed by atoms with Crippen LogP contribution in [0.4, 0.5) is 11.4 Å². The lowest BCUT2D eigenvalue weighted by atomic mass is 10.1. The van der Waals surface area contributed by atoms with Crippen molar-refractivity contribution in [3.05, 3.63) is 53.9 Å². The molecule has 3 aromatic rings. The maximum absolute atomic E-state index is 13.3. The normalized spacial score (nSPS) is 18.2. The van der Waals surface area contributed by atoms with Crippen LogP contribution >= 0.6 is 0 Å². The molecule has 0 spiro atoms. The van der Waals surface area contributed by atoms with E-state index in [-0.39, 0.29) is 5.91 Å². The fourth-order valence-corrected chi connectivity index (χ4v) is 4.37. The number of aromatic nitrogens is 3. The van der Waals surface area contributed by atoms with E-state index in [1.807, 2.05) is 32.2 Å². The van der Waals surface area contributed by atoms with Crippen LogP contribution in [-0.4, -0.2) is 39.8 Å². The number of amides is 1. The molecule has 4 heterocycles. The fraction of sp³-hybridized carbons (Fsp3) is 0.360. The number of guanidine groups is 1. The van der Waals surface area contributed by atoms with Gasteiger partial charge in [0.05, 0.1) is 35.4 Å². The van der Waals surface area contributed by atoms with Crippen LogP contribution in [-0.2, 0) is 7.05 Å². The second kappa shape index (κ2) is 9.05. The van der Waals surface area contributed by atoms with Crippen LogP contribution in [0.1, 0.15) is 48.2 Å². The third kappa shape index (κ3) is 4.33. The van der Waals surface area contributed by atoms with E-state index in [1.165, 1.54) is 0 Å². The van der Waals surface area contributed by atoms with Crippen molar-refractivity contribution in [3.63, 3.8) is 0 Å². The van der Waals surface area contributed by atoms with Gasteiger partial charge in [-0.15, -0.1) is 0 Å². The van der Waals surface area contributed by atoms with Gasteiger partial charge < -0.3 is 15.0 Å². The lowest BCUT2D eigenvalue weighted by Crippen LogP contribution is -2.32. The van der Waals surface area contributed by atoms with Gasteiger partial charge in [-0.2, -0.15) is 10.1 Å². The van der Waals surface area contributed by atoms with Crippen molar-refractivity contribution in [1.82, 2.24) is 14.8 Å². The van der Waals surface area contributed by atoms with Crippen molar-refractivity contribution >= 4 is 23.2 Å². The van der Waals surface area contributed by atoms with E-state index in [1.54, 1.807) is 23.0 Å². The molecule has 0 radical (unpaired) electrons. The van der Waals surface area contributed by atoms with E-state index in [0.717, 1.165) is 61.3 Å². The summed E-state index contributed by atoms with van der Waals surface area (Å²) in [6.45, 7) is 3.31. The molecule has 2 aromatic heterocycles. The van der Waals surface area contributed by atoms with Gasteiger partial charge in [-0.05, 0) is 44.0 Å². The van der Waals surface area contributed by atoms with Gasteiger partial charge in [0.15, 0.2) is 0 Å². The maximum atomic E-state index is 13.3. The Morgan fingerprint density at radius 2 is 1.88 bits per heavy atom. The molecule has 2 aliphatic heterocycles. The first-order valence-corrected chi connectivity index (χ1v) is 11.5. The predicted molar refractivity (Wildman–Crippen MR) is 129 cm³/mol. The molecule has 0 saturated carbocycles. The molecular weight excluding hydrogens is 416 g/mol. The van der Waals surface area contributed by atoms with E-state index in [0.29, 0.717) is 29.7 Å². The monoisotopic (exact) mass is 444 g/mol. The van der Waals surface area contributed by atoms with E-state index in [4.69, 9.17) is 4.74 Å². The predicted octanol–water partition coefficient (Wildman–Crippen LogP) is 4.56. The van der Waals surface area contributed by atoms with Crippen LogP contribution in [0, 0.1) is 6.92 Å². The summed E-state index contributed by atoms with van der Waals surface area (Å²) in [7, 11) is 1.85. The average Bonchev–Trinajstić information content (AvgIpc) is 3.34. The van der Waals surface area contributed by atoms with Gasteiger partial charge >= 0.3 is 0 Å². The molecule has 5 rings (SSSR count). The van der Waals surface area contributed by atoms with Crippen molar-refractivity contribution in [1.29, 1.82) is 0 Å². The third-order valence-electron chi connectivity index (χ3n) is 6.03. The number of hydrogen-bond acceptors (Lipinski definition) is 6. The SMILES string of the molecule is Cc1cc2cc(n1)-c1cnn(C)c1OCCCCCCCN1/C(=N/C2=O)Nc2ccccc21. The zero-order valence-electron chi connectivity index (χ0n) is 19.0. The van der Waals surface area contributed by atoms with Crippen LogP contribution in [0.5, 0.6) is 5.88 Å². The molecule has 0 saturated heterocycles. The molecule has 0 fully saturated rings. The summed E-state index contributed by atoms with van der Waals surface area (Å²) in [4.78, 5) is 24.5.